The number of carbonyl (C=O) groups excluding carboxylic acids is 4. The minimum absolute atomic E-state index is 0.0754. The monoisotopic (exact) mass is 1310 g/mol. The van der Waals surface area contributed by atoms with Gasteiger partial charge in [0.25, 0.3) is 0 Å². The molecule has 92 heavy (non-hydrogen) atoms. The van der Waals surface area contributed by atoms with Crippen LogP contribution in [0.3, 0.4) is 0 Å². The Hall–Kier alpha value is -3.54. The third-order valence-electron chi connectivity index (χ3n) is 23.3. The van der Waals surface area contributed by atoms with Gasteiger partial charge in [0.15, 0.2) is 43.3 Å². The van der Waals surface area contributed by atoms with E-state index in [1.165, 1.54) is 6.08 Å². The van der Waals surface area contributed by atoms with Crippen molar-refractivity contribution in [2.75, 3.05) is 26.4 Å². The molecule has 0 spiro atoms. The lowest BCUT2D eigenvalue weighted by Gasteiger charge is -2.73. The minimum atomic E-state index is -2.00. The molecule has 0 aromatic rings. The zero-order chi connectivity index (χ0) is 68.1. The zero-order valence-corrected chi connectivity index (χ0v) is 56.3. The first-order chi connectivity index (χ1) is 43.1. The molecule has 27 atom stereocenters. The predicted molar refractivity (Wildman–Crippen MR) is 328 cm³/mol. The quantitative estimate of drug-likeness (QED) is 0.0194. The molecule has 524 valence electrons. The number of rotatable bonds is 21. The maximum absolute atomic E-state index is 14.5. The van der Waals surface area contributed by atoms with Gasteiger partial charge in [0.1, 0.15) is 54.9 Å². The molecule has 3 aliphatic heterocycles. The lowest BCUT2D eigenvalue weighted by Crippen LogP contribution is -2.76. The Morgan fingerprint density at radius 1 is 0.728 bits per heavy atom. The zero-order valence-electron chi connectivity index (χ0n) is 56.3. The van der Waals surface area contributed by atoms with Crippen LogP contribution in [0.5, 0.6) is 0 Å². The number of allylic oxidation sites excluding steroid dienone is 4. The Labute approximate surface area is 541 Å². The van der Waals surface area contributed by atoms with Crippen molar-refractivity contribution in [2.24, 2.45) is 56.2 Å². The normalized spacial score (nSPS) is 44.3. The van der Waals surface area contributed by atoms with Gasteiger partial charge in [0.2, 0.25) is 0 Å². The van der Waals surface area contributed by atoms with Gasteiger partial charge in [-0.25, -0.2) is 9.59 Å². The summed E-state index contributed by atoms with van der Waals surface area (Å²) in [5.41, 5.74) is -3.02. The second-order valence-corrected chi connectivity index (χ2v) is 30.1. The van der Waals surface area contributed by atoms with Crippen LogP contribution in [0.2, 0.25) is 0 Å². The summed E-state index contributed by atoms with van der Waals surface area (Å²) in [6.07, 6.45) is -20.3. The second kappa shape index (κ2) is 28.9. The van der Waals surface area contributed by atoms with E-state index in [0.717, 1.165) is 30.1 Å². The fourth-order valence-corrected chi connectivity index (χ4v) is 17.6. The van der Waals surface area contributed by atoms with E-state index >= 15 is 0 Å². The topological polar surface area (TPSA) is 363 Å². The van der Waals surface area contributed by atoms with Crippen molar-refractivity contribution in [1.29, 1.82) is 0 Å². The fourth-order valence-electron chi connectivity index (χ4n) is 17.6. The largest absolute Gasteiger partial charge is 0.464 e. The first kappa shape index (κ1) is 74.3. The molecular formula is C68H108O24. The molecule has 24 nitrogen and oxygen atoms in total. The SMILES string of the molecule is CCCCOC(=O)[C@H]1O[C@@H](O[C@H]2CC[C@]3(C)[C@H]4CC=C5[C@@H]6CC(C)(C)[C@@H](OC(=O)/C=C(\C)CCC=C(C)C)[C@H](OC(=O)C(C)CC)[C@]6(CO)[C@H](O)[C@H](O)[C@@]5(C)[C@]4(C)CC[C@H]3C2(C)C)[C@H](O[C@@H]2O[C@H](CO)[C@@H](O)[C@H](O)[C@H]2O)[C@@H](OC(C)=O)[C@@H]1O[C@@H]1OC[C@H](O)[C@H](O)[C@H]1O. The van der Waals surface area contributed by atoms with Gasteiger partial charge in [-0.15, -0.1) is 0 Å². The molecule has 4 saturated carbocycles. The number of fused-ring (bicyclic) bond motifs is 7. The van der Waals surface area contributed by atoms with Gasteiger partial charge in [-0.2, -0.15) is 0 Å². The number of ether oxygens (including phenoxy) is 10. The van der Waals surface area contributed by atoms with Crippen molar-refractivity contribution >= 4 is 23.9 Å². The van der Waals surface area contributed by atoms with E-state index in [-0.39, 0.29) is 18.4 Å². The summed E-state index contributed by atoms with van der Waals surface area (Å²) >= 11 is 0. The van der Waals surface area contributed by atoms with Gasteiger partial charge >= 0.3 is 23.9 Å². The Kier molecular flexibility index (Phi) is 23.3. The summed E-state index contributed by atoms with van der Waals surface area (Å²) in [7, 11) is 0. The van der Waals surface area contributed by atoms with Crippen LogP contribution in [-0.4, -0.2) is 218 Å². The number of carbonyl (C=O) groups is 4. The first-order valence-corrected chi connectivity index (χ1v) is 33.4. The molecule has 5 aliphatic carbocycles. The van der Waals surface area contributed by atoms with Crippen LogP contribution in [0.4, 0.5) is 0 Å². The molecule has 0 bridgehead atoms. The van der Waals surface area contributed by atoms with E-state index in [4.69, 9.17) is 47.4 Å². The van der Waals surface area contributed by atoms with E-state index in [0.29, 0.717) is 64.2 Å². The summed E-state index contributed by atoms with van der Waals surface area (Å²) < 4.78 is 62.5. The van der Waals surface area contributed by atoms with E-state index in [1.807, 2.05) is 55.4 Å². The van der Waals surface area contributed by atoms with Gasteiger partial charge in [-0.05, 0) is 119 Å². The molecule has 8 aliphatic rings. The Balaban J connectivity index is 1.15. The van der Waals surface area contributed by atoms with Crippen molar-refractivity contribution in [3.63, 3.8) is 0 Å². The molecule has 8 rings (SSSR count). The molecule has 3 heterocycles. The average molecular weight is 1310 g/mol. The van der Waals surface area contributed by atoms with E-state index in [2.05, 4.69) is 39.8 Å². The highest BCUT2D eigenvalue weighted by Crippen LogP contribution is 2.76. The number of hydrogen-bond donors (Lipinski definition) is 10. The summed E-state index contributed by atoms with van der Waals surface area (Å²) in [5.74, 6) is -4.73. The molecule has 3 saturated heterocycles. The van der Waals surface area contributed by atoms with E-state index in [1.54, 1.807) is 6.92 Å². The minimum Gasteiger partial charge on any atom is -0.464 e. The van der Waals surface area contributed by atoms with E-state index < -0.39 is 205 Å². The molecule has 0 aromatic carbocycles. The Bertz CT molecular complexity index is 2690. The third kappa shape index (κ3) is 13.5. The van der Waals surface area contributed by atoms with Gasteiger partial charge < -0.3 is 98.4 Å². The van der Waals surface area contributed by atoms with Crippen molar-refractivity contribution in [1.82, 2.24) is 0 Å². The molecule has 10 N–H and O–H groups in total. The third-order valence-corrected chi connectivity index (χ3v) is 23.3. The summed E-state index contributed by atoms with van der Waals surface area (Å²) in [4.78, 5) is 56.0. The number of esters is 4. The second-order valence-electron chi connectivity index (χ2n) is 30.1. The maximum atomic E-state index is 14.5. The smallest absolute Gasteiger partial charge is 0.338 e. The van der Waals surface area contributed by atoms with Crippen molar-refractivity contribution < 1.29 is 118 Å². The van der Waals surface area contributed by atoms with Crippen molar-refractivity contribution in [3.05, 3.63) is 34.9 Å². The number of aliphatic hydroxyl groups is 10. The van der Waals surface area contributed by atoms with Gasteiger partial charge in [-0.1, -0.05) is 105 Å². The molecule has 1 unspecified atom stereocenters. The van der Waals surface area contributed by atoms with Crippen LogP contribution in [0.15, 0.2) is 34.9 Å². The first-order valence-electron chi connectivity index (χ1n) is 33.4. The number of unbranched alkanes of at least 4 members (excludes halogenated alkanes) is 1. The fraction of sp³-hybridized carbons (Fsp3) is 0.853. The highest BCUT2D eigenvalue weighted by atomic mass is 16.8. The maximum Gasteiger partial charge on any atom is 0.338 e. The molecular weight excluding hydrogens is 1200 g/mol. The number of aliphatic hydroxyl groups excluding tert-OH is 10. The molecule has 7 fully saturated rings. The molecule has 0 radical (unpaired) electrons. The van der Waals surface area contributed by atoms with Crippen molar-refractivity contribution in [2.45, 2.75) is 284 Å². The molecule has 0 amide bonds. The van der Waals surface area contributed by atoms with Crippen LogP contribution in [0.25, 0.3) is 0 Å². The highest BCUT2D eigenvalue weighted by molar-refractivity contribution is 5.83. The van der Waals surface area contributed by atoms with Crippen LogP contribution >= 0.6 is 0 Å². The Morgan fingerprint density at radius 2 is 1.40 bits per heavy atom. The summed E-state index contributed by atoms with van der Waals surface area (Å²) in [5, 5.41) is 114. The Morgan fingerprint density at radius 3 is 2.03 bits per heavy atom. The average Bonchev–Trinajstić information content (AvgIpc) is 0.663. The van der Waals surface area contributed by atoms with Crippen LogP contribution < -0.4 is 0 Å². The van der Waals surface area contributed by atoms with Gasteiger partial charge in [-0.3, -0.25) is 9.59 Å². The molecule has 24 heteroatoms. The van der Waals surface area contributed by atoms with Crippen molar-refractivity contribution in [3.8, 4) is 0 Å². The predicted octanol–water partition coefficient (Wildman–Crippen LogP) is 3.90. The highest BCUT2D eigenvalue weighted by Gasteiger charge is 2.76. The van der Waals surface area contributed by atoms with Crippen LogP contribution in [-0.2, 0) is 66.5 Å². The lowest BCUT2D eigenvalue weighted by molar-refractivity contribution is -0.388. The van der Waals surface area contributed by atoms with Crippen LogP contribution in [0.1, 0.15) is 168 Å². The summed E-state index contributed by atoms with van der Waals surface area (Å²) in [6.45, 7) is 24.7. The van der Waals surface area contributed by atoms with Crippen LogP contribution in [0, 0.1) is 56.2 Å². The lowest BCUT2D eigenvalue weighted by atomic mass is 9.32. The molecule has 0 aromatic heterocycles. The van der Waals surface area contributed by atoms with E-state index in [9.17, 15) is 70.2 Å². The van der Waals surface area contributed by atoms with Gasteiger partial charge in [0, 0.05) is 23.8 Å². The van der Waals surface area contributed by atoms with Gasteiger partial charge in [0.05, 0.1) is 56.1 Å². The summed E-state index contributed by atoms with van der Waals surface area (Å²) in [6, 6.07) is 0. The number of hydrogen-bond acceptors (Lipinski definition) is 24. The standard InChI is InChI=1S/C68H108O24/c1-15-17-27-83-59(82)52-50(89-60-48(77)45(74)39(72)31-84-60)51(85-36(7)71)53(91-61-49(78)47(76)46(75)40(30-69)86-61)62(90-52)87-43-24-25-65(12)41(64(43,10)11)23-26-66(13)42(65)22-21-37-38-29-63(8,9)56(88-44(73)28-34(5)20-18-19-33(3)4)57(92-58(81)35(6)16-2)68(38,32-70)55(80)54(79)67(37,66)14/h19,21,28,35,38-43,45-57,60-62,69-70,72,74-80H,15-18,20,22-27,29-32H2,1-14H3/b34-28+/t35?,38-,39-,40+,41-,42+,43-,45-,46+,47-,48+,49+,50-,51-,52-,53+,54-,55+,56-,57-,60-,61-,62+,65-,66+,67-,68-/m0/s1.